The molecular weight excluding hydrogens is 285 g/mol. The normalized spacial score (nSPS) is 12.1. The summed E-state index contributed by atoms with van der Waals surface area (Å²) in [5, 5.41) is 9.28. The second kappa shape index (κ2) is 5.54. The van der Waals surface area contributed by atoms with Crippen LogP contribution in [0.1, 0.15) is 5.56 Å². The van der Waals surface area contributed by atoms with E-state index in [0.29, 0.717) is 10.6 Å². The van der Waals surface area contributed by atoms with E-state index in [4.69, 9.17) is 28.3 Å². The monoisotopic (exact) mass is 297 g/mol. The highest BCUT2D eigenvalue weighted by atomic mass is 35.5. The minimum atomic E-state index is -3.69. The second-order valence-electron chi connectivity index (χ2n) is 3.53. The van der Waals surface area contributed by atoms with Gasteiger partial charge in [0.2, 0.25) is 10.0 Å². The SMILES string of the molecule is Cc1c(Cl)ccc(S(=O)(=O)N(C)CCO)c1Cl. The molecule has 0 bridgehead atoms. The van der Waals surface area contributed by atoms with E-state index >= 15 is 0 Å². The highest BCUT2D eigenvalue weighted by Crippen LogP contribution is 2.31. The fourth-order valence-electron chi connectivity index (χ4n) is 1.26. The van der Waals surface area contributed by atoms with Crippen LogP contribution in [0.4, 0.5) is 0 Å². The lowest BCUT2D eigenvalue weighted by Gasteiger charge is -2.17. The average Bonchev–Trinajstić information content (AvgIpc) is 2.26. The van der Waals surface area contributed by atoms with Crippen molar-refractivity contribution in [3.8, 4) is 0 Å². The molecule has 1 aromatic rings. The van der Waals surface area contributed by atoms with Crippen LogP contribution in [0, 0.1) is 6.92 Å². The predicted octanol–water partition coefficient (Wildman–Crippen LogP) is 1.91. The summed E-state index contributed by atoms with van der Waals surface area (Å²) < 4.78 is 25.2. The zero-order valence-electron chi connectivity index (χ0n) is 9.44. The van der Waals surface area contributed by atoms with Crippen molar-refractivity contribution in [3.63, 3.8) is 0 Å². The van der Waals surface area contributed by atoms with Crippen molar-refractivity contribution in [1.29, 1.82) is 0 Å². The molecule has 4 nitrogen and oxygen atoms in total. The van der Waals surface area contributed by atoms with Gasteiger partial charge in [0.05, 0.1) is 11.6 Å². The Balaban J connectivity index is 3.30. The van der Waals surface area contributed by atoms with Gasteiger partial charge < -0.3 is 5.11 Å². The first kappa shape index (κ1) is 14.7. The van der Waals surface area contributed by atoms with Gasteiger partial charge in [-0.2, -0.15) is 4.31 Å². The zero-order valence-corrected chi connectivity index (χ0v) is 11.8. The maximum absolute atomic E-state index is 12.1. The summed E-state index contributed by atoms with van der Waals surface area (Å²) in [6.45, 7) is 1.41. The average molecular weight is 298 g/mol. The Kier molecular flexibility index (Phi) is 4.80. The van der Waals surface area contributed by atoms with Gasteiger partial charge in [0.25, 0.3) is 0 Å². The minimum Gasteiger partial charge on any atom is -0.395 e. The molecule has 0 saturated carbocycles. The van der Waals surface area contributed by atoms with E-state index in [1.165, 1.54) is 19.2 Å². The number of nitrogens with zero attached hydrogens (tertiary/aromatic N) is 1. The maximum Gasteiger partial charge on any atom is 0.244 e. The Bertz CT molecular complexity index is 517. The third kappa shape index (κ3) is 2.92. The van der Waals surface area contributed by atoms with Gasteiger partial charge in [-0.25, -0.2) is 8.42 Å². The number of likely N-dealkylation sites (N-methyl/N-ethyl adjacent to an activating group) is 1. The molecule has 0 aromatic heterocycles. The molecule has 0 heterocycles. The van der Waals surface area contributed by atoms with Gasteiger partial charge in [0, 0.05) is 18.6 Å². The molecule has 0 atom stereocenters. The lowest BCUT2D eigenvalue weighted by atomic mass is 10.2. The topological polar surface area (TPSA) is 57.6 Å². The van der Waals surface area contributed by atoms with E-state index in [1.807, 2.05) is 0 Å². The van der Waals surface area contributed by atoms with Crippen LogP contribution in [0.2, 0.25) is 10.0 Å². The first-order valence-electron chi connectivity index (χ1n) is 4.84. The first-order chi connectivity index (χ1) is 7.82. The number of aliphatic hydroxyl groups excluding tert-OH is 1. The van der Waals surface area contributed by atoms with Crippen molar-refractivity contribution in [2.24, 2.45) is 0 Å². The van der Waals surface area contributed by atoms with Crippen LogP contribution < -0.4 is 0 Å². The molecule has 1 aromatic carbocycles. The molecule has 0 radical (unpaired) electrons. The van der Waals surface area contributed by atoms with E-state index in [9.17, 15) is 8.42 Å². The van der Waals surface area contributed by atoms with Crippen LogP contribution in [0.25, 0.3) is 0 Å². The van der Waals surface area contributed by atoms with E-state index in [2.05, 4.69) is 0 Å². The molecule has 0 fully saturated rings. The van der Waals surface area contributed by atoms with Gasteiger partial charge in [0.1, 0.15) is 4.90 Å². The third-order valence-electron chi connectivity index (χ3n) is 2.39. The third-order valence-corrected chi connectivity index (χ3v) is 5.30. The molecule has 0 amide bonds. The van der Waals surface area contributed by atoms with E-state index < -0.39 is 10.0 Å². The lowest BCUT2D eigenvalue weighted by molar-refractivity contribution is 0.266. The maximum atomic E-state index is 12.1. The molecule has 0 aliphatic heterocycles. The van der Waals surface area contributed by atoms with Crippen molar-refractivity contribution in [3.05, 3.63) is 27.7 Å². The Labute approximate surface area is 111 Å². The molecule has 7 heteroatoms. The molecule has 96 valence electrons. The summed E-state index contributed by atoms with van der Waals surface area (Å²) in [6, 6.07) is 2.85. The smallest absolute Gasteiger partial charge is 0.244 e. The zero-order chi connectivity index (χ0) is 13.2. The number of halogens is 2. The quantitative estimate of drug-likeness (QED) is 0.924. The number of aliphatic hydroxyl groups is 1. The summed E-state index contributed by atoms with van der Waals surface area (Å²) in [4.78, 5) is -0.00276. The van der Waals surface area contributed by atoms with Crippen LogP contribution in [-0.4, -0.2) is 38.0 Å². The fourth-order valence-corrected chi connectivity index (χ4v) is 3.21. The van der Waals surface area contributed by atoms with Gasteiger partial charge in [0.15, 0.2) is 0 Å². The van der Waals surface area contributed by atoms with E-state index in [1.54, 1.807) is 6.92 Å². The van der Waals surface area contributed by atoms with Crippen molar-refractivity contribution in [1.82, 2.24) is 4.31 Å². The fraction of sp³-hybridized carbons (Fsp3) is 0.400. The van der Waals surface area contributed by atoms with Crippen LogP contribution in [-0.2, 0) is 10.0 Å². The molecule has 1 rings (SSSR count). The Morgan fingerprint density at radius 1 is 1.35 bits per heavy atom. The highest BCUT2D eigenvalue weighted by Gasteiger charge is 2.24. The number of hydrogen-bond acceptors (Lipinski definition) is 3. The van der Waals surface area contributed by atoms with E-state index in [0.717, 1.165) is 4.31 Å². The van der Waals surface area contributed by atoms with Crippen molar-refractivity contribution in [2.45, 2.75) is 11.8 Å². The minimum absolute atomic E-state index is 0.00276. The van der Waals surface area contributed by atoms with Crippen LogP contribution in [0.15, 0.2) is 17.0 Å². The summed E-state index contributed by atoms with van der Waals surface area (Å²) in [5.74, 6) is 0. The van der Waals surface area contributed by atoms with E-state index in [-0.39, 0.29) is 23.1 Å². The van der Waals surface area contributed by atoms with Crippen molar-refractivity contribution in [2.75, 3.05) is 20.2 Å². The number of benzene rings is 1. The van der Waals surface area contributed by atoms with Crippen molar-refractivity contribution >= 4 is 33.2 Å². The lowest BCUT2D eigenvalue weighted by Crippen LogP contribution is -2.29. The van der Waals surface area contributed by atoms with Crippen LogP contribution >= 0.6 is 23.2 Å². The highest BCUT2D eigenvalue weighted by molar-refractivity contribution is 7.89. The molecule has 1 N–H and O–H groups in total. The second-order valence-corrected chi connectivity index (χ2v) is 6.33. The Hall–Kier alpha value is -0.330. The summed E-state index contributed by atoms with van der Waals surface area (Å²) >= 11 is 11.8. The van der Waals surface area contributed by atoms with Crippen molar-refractivity contribution < 1.29 is 13.5 Å². The molecule has 0 aliphatic carbocycles. The molecule has 0 spiro atoms. The molecule has 0 unspecified atom stereocenters. The largest absolute Gasteiger partial charge is 0.395 e. The Morgan fingerprint density at radius 2 is 1.94 bits per heavy atom. The van der Waals surface area contributed by atoms with Gasteiger partial charge in [-0.15, -0.1) is 0 Å². The summed E-state index contributed by atoms with van der Waals surface area (Å²) in [6.07, 6.45) is 0. The molecule has 17 heavy (non-hydrogen) atoms. The summed E-state index contributed by atoms with van der Waals surface area (Å²) in [5.41, 5.74) is 0.520. The molecule has 0 aliphatic rings. The summed E-state index contributed by atoms with van der Waals surface area (Å²) in [7, 11) is -2.31. The Morgan fingerprint density at radius 3 is 2.47 bits per heavy atom. The standard InChI is InChI=1S/C10H13Cl2NO3S/c1-7-8(11)3-4-9(10(7)12)17(15,16)13(2)5-6-14/h3-4,14H,5-6H2,1-2H3. The van der Waals surface area contributed by atoms with Gasteiger partial charge >= 0.3 is 0 Å². The predicted molar refractivity (Wildman–Crippen MR) is 68.1 cm³/mol. The van der Waals surface area contributed by atoms with Gasteiger partial charge in [-0.1, -0.05) is 23.2 Å². The number of rotatable bonds is 4. The molecule has 0 saturated heterocycles. The van der Waals surface area contributed by atoms with Gasteiger partial charge in [-0.3, -0.25) is 0 Å². The van der Waals surface area contributed by atoms with Crippen LogP contribution in [0.5, 0.6) is 0 Å². The number of sulfonamides is 1. The molecular formula is C10H13Cl2NO3S. The van der Waals surface area contributed by atoms with Crippen LogP contribution in [0.3, 0.4) is 0 Å². The first-order valence-corrected chi connectivity index (χ1v) is 7.03. The number of hydrogen-bond donors (Lipinski definition) is 1. The van der Waals surface area contributed by atoms with Gasteiger partial charge in [-0.05, 0) is 24.6 Å².